The van der Waals surface area contributed by atoms with Crippen molar-refractivity contribution in [2.75, 3.05) is 6.54 Å². The van der Waals surface area contributed by atoms with Crippen molar-refractivity contribution in [1.29, 1.82) is 0 Å². The predicted molar refractivity (Wildman–Crippen MR) is 91.6 cm³/mol. The van der Waals surface area contributed by atoms with Gasteiger partial charge in [-0.2, -0.15) is 0 Å². The second-order valence-electron chi connectivity index (χ2n) is 5.04. The summed E-state index contributed by atoms with van der Waals surface area (Å²) in [5.41, 5.74) is 1.59. The molecule has 0 radical (unpaired) electrons. The van der Waals surface area contributed by atoms with E-state index in [4.69, 9.17) is 0 Å². The summed E-state index contributed by atoms with van der Waals surface area (Å²) in [6.45, 7) is 2.54. The Bertz CT molecular complexity index is 679. The SMILES string of the molecule is CCCNC(=O)/C(=C/c1ccccc1)NC(=O)c1ccccc1. The maximum Gasteiger partial charge on any atom is 0.267 e. The highest BCUT2D eigenvalue weighted by molar-refractivity contribution is 6.05. The number of carbonyl (C=O) groups is 2. The summed E-state index contributed by atoms with van der Waals surface area (Å²) >= 11 is 0. The van der Waals surface area contributed by atoms with Crippen LogP contribution in [0, 0.1) is 0 Å². The zero-order valence-corrected chi connectivity index (χ0v) is 13.1. The lowest BCUT2D eigenvalue weighted by molar-refractivity contribution is -0.117. The lowest BCUT2D eigenvalue weighted by atomic mass is 10.1. The summed E-state index contributed by atoms with van der Waals surface area (Å²) in [6.07, 6.45) is 2.50. The molecule has 23 heavy (non-hydrogen) atoms. The normalized spacial score (nSPS) is 10.9. The van der Waals surface area contributed by atoms with Crippen molar-refractivity contribution < 1.29 is 9.59 Å². The standard InChI is InChI=1S/C19H20N2O2/c1-2-13-20-19(23)17(14-15-9-5-3-6-10-15)21-18(22)16-11-7-4-8-12-16/h3-12,14H,2,13H2,1H3,(H,20,23)(H,21,22)/b17-14-. The molecule has 0 aromatic heterocycles. The third-order valence-electron chi connectivity index (χ3n) is 3.17. The van der Waals surface area contributed by atoms with Crippen LogP contribution < -0.4 is 10.6 Å². The molecule has 0 unspecified atom stereocenters. The van der Waals surface area contributed by atoms with Crippen LogP contribution in [0.5, 0.6) is 0 Å². The molecule has 0 aliphatic carbocycles. The first-order chi connectivity index (χ1) is 11.2. The summed E-state index contributed by atoms with van der Waals surface area (Å²) in [4.78, 5) is 24.6. The number of hydrogen-bond donors (Lipinski definition) is 2. The second kappa shape index (κ2) is 8.54. The van der Waals surface area contributed by atoms with E-state index in [1.54, 1.807) is 30.3 Å². The first kappa shape index (κ1) is 16.5. The predicted octanol–water partition coefficient (Wildman–Crippen LogP) is 2.98. The maximum atomic E-state index is 12.3. The Labute approximate surface area is 136 Å². The minimum absolute atomic E-state index is 0.235. The first-order valence-electron chi connectivity index (χ1n) is 7.62. The van der Waals surface area contributed by atoms with Crippen molar-refractivity contribution in [2.45, 2.75) is 13.3 Å². The molecule has 0 saturated heterocycles. The van der Waals surface area contributed by atoms with Gasteiger partial charge in [0.2, 0.25) is 0 Å². The molecule has 4 heteroatoms. The van der Waals surface area contributed by atoms with Gasteiger partial charge in [-0.05, 0) is 30.2 Å². The molecule has 0 bridgehead atoms. The Kier molecular flexibility index (Phi) is 6.12. The van der Waals surface area contributed by atoms with Crippen LogP contribution in [-0.2, 0) is 4.79 Å². The van der Waals surface area contributed by atoms with Crippen molar-refractivity contribution in [3.63, 3.8) is 0 Å². The molecule has 2 aromatic carbocycles. The highest BCUT2D eigenvalue weighted by atomic mass is 16.2. The zero-order chi connectivity index (χ0) is 16.5. The van der Waals surface area contributed by atoms with E-state index in [1.165, 1.54) is 0 Å². The summed E-state index contributed by atoms with van der Waals surface area (Å²) in [5, 5.41) is 5.49. The molecule has 0 saturated carbocycles. The van der Waals surface area contributed by atoms with Gasteiger partial charge < -0.3 is 10.6 Å². The third kappa shape index (κ3) is 5.11. The lowest BCUT2D eigenvalue weighted by Crippen LogP contribution is -2.35. The Balaban J connectivity index is 2.21. The molecule has 2 aromatic rings. The molecule has 2 amide bonds. The minimum atomic E-state index is -0.306. The molecule has 0 aliphatic rings. The van der Waals surface area contributed by atoms with Crippen LogP contribution >= 0.6 is 0 Å². The van der Waals surface area contributed by atoms with Gasteiger partial charge in [0, 0.05) is 12.1 Å². The minimum Gasteiger partial charge on any atom is -0.351 e. The Morgan fingerprint density at radius 2 is 1.57 bits per heavy atom. The molecular formula is C19H20N2O2. The summed E-state index contributed by atoms with van der Waals surface area (Å²) in [5.74, 6) is -0.598. The largest absolute Gasteiger partial charge is 0.351 e. The van der Waals surface area contributed by atoms with E-state index in [0.29, 0.717) is 12.1 Å². The van der Waals surface area contributed by atoms with Crippen LogP contribution in [0.15, 0.2) is 66.4 Å². The molecule has 4 nitrogen and oxygen atoms in total. The van der Waals surface area contributed by atoms with Crippen LogP contribution in [-0.4, -0.2) is 18.4 Å². The third-order valence-corrected chi connectivity index (χ3v) is 3.17. The zero-order valence-electron chi connectivity index (χ0n) is 13.1. The van der Waals surface area contributed by atoms with E-state index in [1.807, 2.05) is 43.3 Å². The Hall–Kier alpha value is -2.88. The van der Waals surface area contributed by atoms with Crippen molar-refractivity contribution in [1.82, 2.24) is 10.6 Å². The van der Waals surface area contributed by atoms with Gasteiger partial charge in [-0.25, -0.2) is 0 Å². The number of carbonyl (C=O) groups excluding carboxylic acids is 2. The topological polar surface area (TPSA) is 58.2 Å². The number of rotatable bonds is 6. The summed E-state index contributed by atoms with van der Waals surface area (Å²) in [6, 6.07) is 18.2. The highest BCUT2D eigenvalue weighted by Crippen LogP contribution is 2.07. The van der Waals surface area contributed by atoms with E-state index in [-0.39, 0.29) is 17.5 Å². The van der Waals surface area contributed by atoms with Crippen LogP contribution in [0.25, 0.3) is 6.08 Å². The van der Waals surface area contributed by atoms with Gasteiger partial charge in [0.15, 0.2) is 0 Å². The quantitative estimate of drug-likeness (QED) is 0.806. The molecule has 118 valence electrons. The summed E-state index contributed by atoms with van der Waals surface area (Å²) in [7, 11) is 0. The monoisotopic (exact) mass is 308 g/mol. The molecule has 0 spiro atoms. The first-order valence-corrected chi connectivity index (χ1v) is 7.62. The second-order valence-corrected chi connectivity index (χ2v) is 5.04. The van der Waals surface area contributed by atoms with Crippen molar-refractivity contribution in [2.24, 2.45) is 0 Å². The van der Waals surface area contributed by atoms with Crippen molar-refractivity contribution in [3.8, 4) is 0 Å². The number of hydrogen-bond acceptors (Lipinski definition) is 2. The molecule has 0 heterocycles. The lowest BCUT2D eigenvalue weighted by Gasteiger charge is -2.10. The average molecular weight is 308 g/mol. The highest BCUT2D eigenvalue weighted by Gasteiger charge is 2.13. The number of benzene rings is 2. The smallest absolute Gasteiger partial charge is 0.267 e. The van der Waals surface area contributed by atoms with Gasteiger partial charge in [0.25, 0.3) is 11.8 Å². The van der Waals surface area contributed by atoms with Gasteiger partial charge in [-0.1, -0.05) is 55.5 Å². The van der Waals surface area contributed by atoms with E-state index in [0.717, 1.165) is 12.0 Å². The fourth-order valence-corrected chi connectivity index (χ4v) is 1.99. The van der Waals surface area contributed by atoms with E-state index in [9.17, 15) is 9.59 Å². The van der Waals surface area contributed by atoms with Crippen LogP contribution in [0.3, 0.4) is 0 Å². The fourth-order valence-electron chi connectivity index (χ4n) is 1.99. The molecule has 0 aliphatic heterocycles. The molecule has 0 atom stereocenters. The summed E-state index contributed by atoms with van der Waals surface area (Å²) < 4.78 is 0. The van der Waals surface area contributed by atoms with Crippen LogP contribution in [0.4, 0.5) is 0 Å². The van der Waals surface area contributed by atoms with E-state index in [2.05, 4.69) is 10.6 Å². The van der Waals surface area contributed by atoms with Gasteiger partial charge in [-0.3, -0.25) is 9.59 Å². The van der Waals surface area contributed by atoms with Crippen molar-refractivity contribution >= 4 is 17.9 Å². The van der Waals surface area contributed by atoms with Gasteiger partial charge in [-0.15, -0.1) is 0 Å². The van der Waals surface area contributed by atoms with Gasteiger partial charge in [0.05, 0.1) is 0 Å². The molecule has 0 fully saturated rings. The maximum absolute atomic E-state index is 12.3. The van der Waals surface area contributed by atoms with Gasteiger partial charge in [0.1, 0.15) is 5.70 Å². The van der Waals surface area contributed by atoms with E-state index >= 15 is 0 Å². The Morgan fingerprint density at radius 1 is 0.957 bits per heavy atom. The van der Waals surface area contributed by atoms with Crippen LogP contribution in [0.1, 0.15) is 29.3 Å². The average Bonchev–Trinajstić information content (AvgIpc) is 2.60. The molecule has 2 rings (SSSR count). The van der Waals surface area contributed by atoms with Crippen molar-refractivity contribution in [3.05, 3.63) is 77.5 Å². The van der Waals surface area contributed by atoms with Gasteiger partial charge >= 0.3 is 0 Å². The Morgan fingerprint density at radius 3 is 2.17 bits per heavy atom. The molecule has 2 N–H and O–H groups in total. The molecular weight excluding hydrogens is 288 g/mol. The number of amides is 2. The van der Waals surface area contributed by atoms with Crippen LogP contribution in [0.2, 0.25) is 0 Å². The van der Waals surface area contributed by atoms with E-state index < -0.39 is 0 Å². The number of nitrogens with one attached hydrogen (secondary N) is 2. The fraction of sp³-hybridized carbons (Fsp3) is 0.158.